The van der Waals surface area contributed by atoms with E-state index in [-0.39, 0.29) is 12.0 Å². The molecule has 1 aromatic rings. The van der Waals surface area contributed by atoms with E-state index in [1.54, 1.807) is 13.8 Å². The Bertz CT molecular complexity index is 488. The first-order valence-corrected chi connectivity index (χ1v) is 6.23. The Morgan fingerprint density at radius 3 is 2.06 bits per heavy atom. The molecule has 0 aliphatic heterocycles. The van der Waals surface area contributed by atoms with E-state index in [0.29, 0.717) is 15.6 Å². The third kappa shape index (κ3) is 2.52. The average Bonchev–Trinajstić information content (AvgIpc) is 2.33. The van der Waals surface area contributed by atoms with Crippen molar-refractivity contribution in [3.63, 3.8) is 0 Å². The van der Waals surface area contributed by atoms with Gasteiger partial charge in [0, 0.05) is 15.6 Å². The maximum Gasteiger partial charge on any atom is 0.317 e. The van der Waals surface area contributed by atoms with Crippen LogP contribution in [0.2, 0.25) is 10.0 Å². The van der Waals surface area contributed by atoms with E-state index in [4.69, 9.17) is 23.2 Å². The number of carboxylic acids is 1. The number of carboxylic acid groups (broad SMARTS) is 1. The van der Waals surface area contributed by atoms with Gasteiger partial charge in [0.05, 0.1) is 0 Å². The molecule has 0 heterocycles. The van der Waals surface area contributed by atoms with Crippen LogP contribution < -0.4 is 0 Å². The summed E-state index contributed by atoms with van der Waals surface area (Å²) in [7, 11) is 0. The van der Waals surface area contributed by atoms with Crippen molar-refractivity contribution in [3.05, 3.63) is 33.3 Å². The average molecular weight is 289 g/mol. The smallest absolute Gasteiger partial charge is 0.317 e. The van der Waals surface area contributed by atoms with Crippen LogP contribution in [0.5, 0.6) is 0 Å². The quantitative estimate of drug-likeness (QED) is 0.673. The Hall–Kier alpha value is -1.06. The minimum atomic E-state index is -1.46. The predicted molar refractivity (Wildman–Crippen MR) is 71.6 cm³/mol. The lowest BCUT2D eigenvalue weighted by Crippen LogP contribution is -2.35. The van der Waals surface area contributed by atoms with E-state index in [2.05, 4.69) is 0 Å². The third-order valence-corrected chi connectivity index (χ3v) is 4.01. The Labute approximate surface area is 116 Å². The molecule has 3 nitrogen and oxygen atoms in total. The van der Waals surface area contributed by atoms with Gasteiger partial charge >= 0.3 is 5.97 Å². The van der Waals surface area contributed by atoms with Gasteiger partial charge in [0.2, 0.25) is 0 Å². The second-order valence-electron chi connectivity index (χ2n) is 4.38. The molecule has 1 atom stereocenters. The minimum absolute atomic E-state index is 0.199. The lowest BCUT2D eigenvalue weighted by molar-refractivity contribution is -0.145. The molecular formula is C13H14Cl2O3. The van der Waals surface area contributed by atoms with E-state index in [0.717, 1.165) is 0 Å². The van der Waals surface area contributed by atoms with Gasteiger partial charge in [-0.1, -0.05) is 30.1 Å². The predicted octanol–water partition coefficient (Wildman–Crippen LogP) is 3.99. The first-order chi connectivity index (χ1) is 8.24. The zero-order valence-corrected chi connectivity index (χ0v) is 11.9. The molecule has 0 fully saturated rings. The number of carbonyl (C=O) groups is 2. The van der Waals surface area contributed by atoms with Crippen molar-refractivity contribution in [2.24, 2.45) is 5.41 Å². The zero-order chi connectivity index (χ0) is 14.1. The van der Waals surface area contributed by atoms with Crippen LogP contribution in [0, 0.1) is 12.3 Å². The molecule has 0 amide bonds. The Morgan fingerprint density at radius 2 is 1.72 bits per heavy atom. The van der Waals surface area contributed by atoms with Crippen LogP contribution >= 0.6 is 23.2 Å². The molecule has 0 spiro atoms. The fourth-order valence-electron chi connectivity index (χ4n) is 1.50. The van der Waals surface area contributed by atoms with Crippen LogP contribution in [-0.2, 0) is 4.79 Å². The highest BCUT2D eigenvalue weighted by Gasteiger charge is 2.40. The number of hydrogen-bond donors (Lipinski definition) is 1. The van der Waals surface area contributed by atoms with E-state index in [1.807, 2.05) is 0 Å². The van der Waals surface area contributed by atoms with E-state index >= 15 is 0 Å². The van der Waals surface area contributed by atoms with Gasteiger partial charge < -0.3 is 5.11 Å². The molecule has 98 valence electrons. The van der Waals surface area contributed by atoms with Crippen molar-refractivity contribution in [2.45, 2.75) is 27.2 Å². The van der Waals surface area contributed by atoms with Gasteiger partial charge in [-0.25, -0.2) is 0 Å². The molecule has 0 saturated heterocycles. The highest BCUT2D eigenvalue weighted by atomic mass is 35.5. The minimum Gasteiger partial charge on any atom is -0.480 e. The fraction of sp³-hybridized carbons (Fsp3) is 0.385. The number of hydrogen-bond acceptors (Lipinski definition) is 2. The number of ketones is 1. The summed E-state index contributed by atoms with van der Waals surface area (Å²) in [4.78, 5) is 23.5. The molecule has 0 radical (unpaired) electrons. The summed E-state index contributed by atoms with van der Waals surface area (Å²) in [6.07, 6.45) is 0.199. The maximum atomic E-state index is 12.3. The maximum absolute atomic E-state index is 12.3. The van der Waals surface area contributed by atoms with Crippen LogP contribution in [-0.4, -0.2) is 16.9 Å². The number of rotatable bonds is 4. The fourth-order valence-corrected chi connectivity index (χ4v) is 1.99. The molecular weight excluding hydrogens is 275 g/mol. The highest BCUT2D eigenvalue weighted by molar-refractivity contribution is 6.36. The summed E-state index contributed by atoms with van der Waals surface area (Å²) in [5.74, 6) is -1.64. The van der Waals surface area contributed by atoms with E-state index < -0.39 is 17.2 Å². The van der Waals surface area contributed by atoms with Crippen LogP contribution in [0.25, 0.3) is 0 Å². The Balaban J connectivity index is 3.31. The molecule has 18 heavy (non-hydrogen) atoms. The zero-order valence-electron chi connectivity index (χ0n) is 10.4. The van der Waals surface area contributed by atoms with Crippen LogP contribution in [0.4, 0.5) is 0 Å². The summed E-state index contributed by atoms with van der Waals surface area (Å²) in [5, 5.41) is 9.88. The summed E-state index contributed by atoms with van der Waals surface area (Å²) in [6, 6.07) is 2.92. The van der Waals surface area contributed by atoms with Crippen molar-refractivity contribution in [1.29, 1.82) is 0 Å². The van der Waals surface area contributed by atoms with Gasteiger partial charge in [0.1, 0.15) is 5.41 Å². The number of halogens is 2. The monoisotopic (exact) mass is 288 g/mol. The number of carbonyl (C=O) groups excluding carboxylic acids is 1. The van der Waals surface area contributed by atoms with Gasteiger partial charge in [-0.3, -0.25) is 9.59 Å². The standard InChI is InChI=1S/C13H14Cl2O3/c1-4-13(3,12(17)18)11(16)8-5-9(14)7(2)10(15)6-8/h5-6H,4H2,1-3H3,(H,17,18). The van der Waals surface area contributed by atoms with E-state index in [9.17, 15) is 14.7 Å². The lowest BCUT2D eigenvalue weighted by atomic mass is 9.80. The third-order valence-electron chi connectivity index (χ3n) is 3.22. The molecule has 1 rings (SSSR count). The summed E-state index contributed by atoms with van der Waals surface area (Å²) >= 11 is 11.9. The Kier molecular flexibility index (Phi) is 4.41. The van der Waals surface area contributed by atoms with Crippen LogP contribution in [0.3, 0.4) is 0 Å². The van der Waals surface area contributed by atoms with E-state index in [1.165, 1.54) is 19.1 Å². The first-order valence-electron chi connectivity index (χ1n) is 5.48. The SMILES string of the molecule is CCC(C)(C(=O)O)C(=O)c1cc(Cl)c(C)c(Cl)c1. The normalized spacial score (nSPS) is 14.1. The van der Waals surface area contributed by atoms with Gasteiger partial charge in [0.25, 0.3) is 0 Å². The van der Waals surface area contributed by atoms with Crippen molar-refractivity contribution in [2.75, 3.05) is 0 Å². The van der Waals surface area contributed by atoms with Gasteiger partial charge in [-0.2, -0.15) is 0 Å². The molecule has 1 aromatic carbocycles. The van der Waals surface area contributed by atoms with Crippen LogP contribution in [0.1, 0.15) is 36.2 Å². The molecule has 5 heteroatoms. The molecule has 0 saturated carbocycles. The second kappa shape index (κ2) is 5.29. The number of Topliss-reactive ketones (excluding diaryl/α,β-unsaturated/α-hetero) is 1. The second-order valence-corrected chi connectivity index (χ2v) is 5.20. The molecule has 0 aliphatic rings. The topological polar surface area (TPSA) is 54.4 Å². The first kappa shape index (κ1) is 15.0. The molecule has 0 aliphatic carbocycles. The molecule has 0 aromatic heterocycles. The van der Waals surface area contributed by atoms with Gasteiger partial charge in [-0.05, 0) is 38.0 Å². The lowest BCUT2D eigenvalue weighted by Gasteiger charge is -2.21. The summed E-state index contributed by atoms with van der Waals surface area (Å²) < 4.78 is 0. The van der Waals surface area contributed by atoms with Crippen molar-refractivity contribution in [3.8, 4) is 0 Å². The van der Waals surface area contributed by atoms with Gasteiger partial charge in [0.15, 0.2) is 5.78 Å². The molecule has 1 N–H and O–H groups in total. The van der Waals surface area contributed by atoms with Crippen LogP contribution in [0.15, 0.2) is 12.1 Å². The summed E-state index contributed by atoms with van der Waals surface area (Å²) in [6.45, 7) is 4.79. The van der Waals surface area contributed by atoms with Crippen molar-refractivity contribution < 1.29 is 14.7 Å². The molecule has 1 unspecified atom stereocenters. The van der Waals surface area contributed by atoms with Crippen molar-refractivity contribution in [1.82, 2.24) is 0 Å². The highest BCUT2D eigenvalue weighted by Crippen LogP contribution is 2.31. The largest absolute Gasteiger partial charge is 0.480 e. The van der Waals surface area contributed by atoms with Crippen molar-refractivity contribution >= 4 is 35.0 Å². The summed E-state index contributed by atoms with van der Waals surface area (Å²) in [5.41, 5.74) is -0.562. The van der Waals surface area contributed by atoms with Gasteiger partial charge in [-0.15, -0.1) is 0 Å². The Morgan fingerprint density at radius 1 is 1.28 bits per heavy atom. The molecule has 0 bridgehead atoms. The number of benzene rings is 1. The number of aliphatic carboxylic acids is 1.